The monoisotopic (exact) mass is 461 g/mol. The number of amides is 3. The van der Waals surface area contributed by atoms with Crippen LogP contribution in [0.3, 0.4) is 0 Å². The second-order valence-electron chi connectivity index (χ2n) is 8.60. The van der Waals surface area contributed by atoms with E-state index < -0.39 is 6.04 Å². The van der Waals surface area contributed by atoms with Crippen molar-refractivity contribution < 1.29 is 19.5 Å². The lowest BCUT2D eigenvalue weighted by molar-refractivity contribution is -0.129. The molecule has 0 saturated heterocycles. The van der Waals surface area contributed by atoms with E-state index in [4.69, 9.17) is 0 Å². The van der Waals surface area contributed by atoms with Crippen molar-refractivity contribution in [2.45, 2.75) is 32.7 Å². The number of nitrogens with one attached hydrogen (secondary N) is 3. The Labute approximate surface area is 199 Å². The molecule has 3 rings (SSSR count). The van der Waals surface area contributed by atoms with Gasteiger partial charge in [0.2, 0.25) is 11.8 Å². The highest BCUT2D eigenvalue weighted by Gasteiger charge is 2.23. The fourth-order valence-electron chi connectivity index (χ4n) is 3.65. The van der Waals surface area contributed by atoms with Crippen molar-refractivity contribution in [1.29, 1.82) is 0 Å². The van der Waals surface area contributed by atoms with Crippen LogP contribution in [0.5, 0.6) is 5.75 Å². The summed E-state index contributed by atoms with van der Waals surface area (Å²) in [4.78, 5) is 37.4. The molecule has 0 aromatic heterocycles. The van der Waals surface area contributed by atoms with Crippen molar-refractivity contribution in [2.75, 3.05) is 13.1 Å². The van der Waals surface area contributed by atoms with E-state index in [2.05, 4.69) is 16.0 Å². The van der Waals surface area contributed by atoms with Gasteiger partial charge in [0.1, 0.15) is 11.8 Å². The van der Waals surface area contributed by atoms with Gasteiger partial charge in [0.25, 0.3) is 5.91 Å². The average molecular weight is 462 g/mol. The first-order valence-corrected chi connectivity index (χ1v) is 11.5. The van der Waals surface area contributed by atoms with Gasteiger partial charge in [0, 0.05) is 18.7 Å². The average Bonchev–Trinajstić information content (AvgIpc) is 2.81. The largest absolute Gasteiger partial charge is 0.508 e. The Kier molecular flexibility index (Phi) is 8.62. The van der Waals surface area contributed by atoms with Crippen LogP contribution in [0, 0.1) is 5.92 Å². The summed E-state index contributed by atoms with van der Waals surface area (Å²) in [6, 6.07) is 19.3. The summed E-state index contributed by atoms with van der Waals surface area (Å²) in [6.45, 7) is 4.50. The number of fused-ring (bicyclic) bond motifs is 1. The van der Waals surface area contributed by atoms with E-state index in [9.17, 15) is 19.5 Å². The highest BCUT2D eigenvalue weighted by molar-refractivity contribution is 5.94. The van der Waals surface area contributed by atoms with Crippen LogP contribution in [0.4, 0.5) is 0 Å². The van der Waals surface area contributed by atoms with Crippen molar-refractivity contribution >= 4 is 28.5 Å². The highest BCUT2D eigenvalue weighted by Crippen LogP contribution is 2.16. The number of aromatic hydroxyl groups is 1. The minimum atomic E-state index is -0.644. The number of hydrogen-bond donors (Lipinski definition) is 4. The van der Waals surface area contributed by atoms with Crippen LogP contribution in [-0.2, 0) is 16.0 Å². The lowest BCUT2D eigenvalue weighted by atomic mass is 10.0. The van der Waals surface area contributed by atoms with Gasteiger partial charge in [0.15, 0.2) is 0 Å². The highest BCUT2D eigenvalue weighted by atomic mass is 16.3. The summed E-state index contributed by atoms with van der Waals surface area (Å²) in [5.41, 5.74) is 1.26. The Morgan fingerprint density at radius 1 is 0.853 bits per heavy atom. The lowest BCUT2D eigenvalue weighted by Crippen LogP contribution is -2.50. The quantitative estimate of drug-likeness (QED) is 0.348. The van der Waals surface area contributed by atoms with Gasteiger partial charge in [-0.05, 0) is 46.9 Å². The van der Waals surface area contributed by atoms with Crippen LogP contribution in [0.25, 0.3) is 10.8 Å². The first kappa shape index (κ1) is 24.8. The maximum absolute atomic E-state index is 12.7. The van der Waals surface area contributed by atoms with Crippen LogP contribution in [0.1, 0.15) is 36.2 Å². The summed E-state index contributed by atoms with van der Waals surface area (Å²) in [6.07, 6.45) is 0.731. The molecule has 34 heavy (non-hydrogen) atoms. The summed E-state index contributed by atoms with van der Waals surface area (Å²) in [5, 5.41) is 20.1. The molecular formula is C27H31N3O4. The third-order valence-electron chi connectivity index (χ3n) is 5.49. The number of phenolic OH excluding ortho intramolecular Hbond substituents is 1. The second-order valence-corrected chi connectivity index (χ2v) is 8.60. The molecule has 0 aliphatic carbocycles. The summed E-state index contributed by atoms with van der Waals surface area (Å²) in [5.74, 6) is -0.791. The Balaban J connectivity index is 1.44. The Morgan fingerprint density at radius 3 is 2.32 bits per heavy atom. The van der Waals surface area contributed by atoms with E-state index in [1.807, 2.05) is 56.3 Å². The minimum Gasteiger partial charge on any atom is -0.508 e. The van der Waals surface area contributed by atoms with E-state index in [-0.39, 0.29) is 35.8 Å². The molecule has 7 heteroatoms. The molecule has 3 aromatic rings. The molecular weight excluding hydrogens is 430 g/mol. The van der Waals surface area contributed by atoms with Gasteiger partial charge < -0.3 is 21.1 Å². The van der Waals surface area contributed by atoms with Crippen LogP contribution in [-0.4, -0.2) is 42.0 Å². The number of phenols is 1. The molecule has 0 aliphatic rings. The molecule has 3 amide bonds. The molecule has 0 bridgehead atoms. The normalized spacial score (nSPS) is 11.7. The molecule has 4 N–H and O–H groups in total. The van der Waals surface area contributed by atoms with Gasteiger partial charge in [-0.15, -0.1) is 0 Å². The molecule has 1 atom stereocenters. The van der Waals surface area contributed by atoms with Crippen LogP contribution in [0.2, 0.25) is 0 Å². The number of benzene rings is 3. The SMILES string of the molecule is CC(C)C(NC(=O)Cc1ccc2ccccc2c1)C(=O)NCCCNC(=O)c1cccc(O)c1. The zero-order valence-corrected chi connectivity index (χ0v) is 19.5. The van der Waals surface area contributed by atoms with E-state index in [1.165, 1.54) is 12.1 Å². The van der Waals surface area contributed by atoms with Gasteiger partial charge >= 0.3 is 0 Å². The molecule has 178 valence electrons. The van der Waals surface area contributed by atoms with Crippen molar-refractivity contribution in [2.24, 2.45) is 5.92 Å². The smallest absolute Gasteiger partial charge is 0.251 e. The van der Waals surface area contributed by atoms with Crippen molar-refractivity contribution in [3.63, 3.8) is 0 Å². The number of rotatable bonds is 10. The molecule has 0 heterocycles. The molecule has 0 radical (unpaired) electrons. The fourth-order valence-corrected chi connectivity index (χ4v) is 3.65. The van der Waals surface area contributed by atoms with E-state index >= 15 is 0 Å². The molecule has 0 aliphatic heterocycles. The number of carbonyl (C=O) groups is 3. The standard InChI is InChI=1S/C27H31N3O4/c1-18(2)25(30-24(32)16-19-11-12-20-7-3-4-8-21(20)15-19)27(34)29-14-6-13-28-26(33)22-9-5-10-23(31)17-22/h3-5,7-12,15,17-18,25,31H,6,13-14,16H2,1-2H3,(H,28,33)(H,29,34)(H,30,32). The third-order valence-corrected chi connectivity index (χ3v) is 5.49. The Hall–Kier alpha value is -3.87. The zero-order valence-electron chi connectivity index (χ0n) is 19.5. The van der Waals surface area contributed by atoms with E-state index in [0.29, 0.717) is 25.1 Å². The van der Waals surface area contributed by atoms with Crippen molar-refractivity contribution in [3.8, 4) is 5.75 Å². The van der Waals surface area contributed by atoms with Gasteiger partial charge in [0.05, 0.1) is 6.42 Å². The lowest BCUT2D eigenvalue weighted by Gasteiger charge is -2.22. The maximum atomic E-state index is 12.7. The molecule has 0 saturated carbocycles. The topological polar surface area (TPSA) is 108 Å². The first-order chi connectivity index (χ1) is 16.3. The van der Waals surface area contributed by atoms with Gasteiger partial charge in [-0.1, -0.05) is 62.4 Å². The second kappa shape index (κ2) is 11.8. The fraction of sp³-hybridized carbons (Fsp3) is 0.296. The van der Waals surface area contributed by atoms with E-state index in [0.717, 1.165) is 16.3 Å². The number of hydrogen-bond acceptors (Lipinski definition) is 4. The summed E-state index contributed by atoms with van der Waals surface area (Å²) >= 11 is 0. The number of carbonyl (C=O) groups excluding carboxylic acids is 3. The van der Waals surface area contributed by atoms with Crippen LogP contribution < -0.4 is 16.0 Å². The molecule has 0 spiro atoms. The Bertz CT molecular complexity index is 1160. The first-order valence-electron chi connectivity index (χ1n) is 11.5. The van der Waals surface area contributed by atoms with Crippen LogP contribution >= 0.6 is 0 Å². The minimum absolute atomic E-state index is 0.0299. The van der Waals surface area contributed by atoms with Gasteiger partial charge in [-0.2, -0.15) is 0 Å². The predicted molar refractivity (Wildman–Crippen MR) is 132 cm³/mol. The van der Waals surface area contributed by atoms with E-state index in [1.54, 1.807) is 12.1 Å². The van der Waals surface area contributed by atoms with Gasteiger partial charge in [-0.25, -0.2) is 0 Å². The summed E-state index contributed by atoms with van der Waals surface area (Å²) < 4.78 is 0. The molecule has 0 fully saturated rings. The van der Waals surface area contributed by atoms with Crippen molar-refractivity contribution in [1.82, 2.24) is 16.0 Å². The van der Waals surface area contributed by atoms with Crippen molar-refractivity contribution in [3.05, 3.63) is 77.9 Å². The van der Waals surface area contributed by atoms with Crippen LogP contribution in [0.15, 0.2) is 66.7 Å². The Morgan fingerprint density at radius 2 is 1.59 bits per heavy atom. The zero-order chi connectivity index (χ0) is 24.5. The molecule has 7 nitrogen and oxygen atoms in total. The predicted octanol–water partition coefficient (Wildman–Crippen LogP) is 3.17. The maximum Gasteiger partial charge on any atom is 0.251 e. The molecule has 3 aromatic carbocycles. The third kappa shape index (κ3) is 7.07. The molecule has 1 unspecified atom stereocenters. The van der Waals surface area contributed by atoms with Gasteiger partial charge in [-0.3, -0.25) is 14.4 Å². The summed E-state index contributed by atoms with van der Waals surface area (Å²) in [7, 11) is 0.